The Kier molecular flexibility index (Phi) is 2.82. The molecule has 0 aromatic carbocycles. The van der Waals surface area contributed by atoms with Gasteiger partial charge in [0.05, 0.1) is 0 Å². The number of hydrogen-bond acceptors (Lipinski definition) is 6. The van der Waals surface area contributed by atoms with E-state index in [-0.39, 0.29) is 5.91 Å². The van der Waals surface area contributed by atoms with Crippen LogP contribution < -0.4 is 10.6 Å². The lowest BCUT2D eigenvalue weighted by atomic mass is 10.5. The molecule has 2 aromatic heterocycles. The van der Waals surface area contributed by atoms with Crippen molar-refractivity contribution in [2.75, 3.05) is 17.7 Å². The zero-order valence-corrected chi connectivity index (χ0v) is 9.58. The molecule has 2 heterocycles. The van der Waals surface area contributed by atoms with E-state index in [0.717, 1.165) is 0 Å². The number of amides is 1. The molecule has 0 fully saturated rings. The summed E-state index contributed by atoms with van der Waals surface area (Å²) in [5.41, 5.74) is 0. The van der Waals surface area contributed by atoms with Gasteiger partial charge in [0.1, 0.15) is 0 Å². The lowest BCUT2D eigenvalue weighted by Crippen LogP contribution is -2.12. The highest BCUT2D eigenvalue weighted by atomic mass is 32.1. The fourth-order valence-electron chi connectivity index (χ4n) is 1.07. The Morgan fingerprint density at radius 3 is 2.88 bits per heavy atom. The van der Waals surface area contributed by atoms with Gasteiger partial charge in [-0.1, -0.05) is 11.3 Å². The van der Waals surface area contributed by atoms with Gasteiger partial charge in [-0.25, -0.2) is 0 Å². The zero-order chi connectivity index (χ0) is 11.5. The van der Waals surface area contributed by atoms with E-state index in [2.05, 4.69) is 25.9 Å². The first-order chi connectivity index (χ1) is 7.69. The van der Waals surface area contributed by atoms with Crippen LogP contribution in [0.15, 0.2) is 12.3 Å². The Morgan fingerprint density at radius 2 is 2.31 bits per heavy atom. The summed E-state index contributed by atoms with van der Waals surface area (Å²) in [5.74, 6) is 0.186. The van der Waals surface area contributed by atoms with E-state index in [1.54, 1.807) is 31.0 Å². The number of carbonyl (C=O) groups excluding carboxylic acids is 1. The van der Waals surface area contributed by atoms with Crippen molar-refractivity contribution in [3.8, 4) is 0 Å². The smallest absolute Gasteiger partial charge is 0.287 e. The number of aryl methyl sites for hydroxylation is 1. The van der Waals surface area contributed by atoms with E-state index in [1.807, 2.05) is 0 Å². The number of rotatable bonds is 3. The third kappa shape index (κ3) is 2.16. The van der Waals surface area contributed by atoms with Crippen molar-refractivity contribution in [2.24, 2.45) is 7.05 Å². The third-order valence-electron chi connectivity index (χ3n) is 1.79. The molecule has 0 unspecified atom stereocenters. The lowest BCUT2D eigenvalue weighted by molar-refractivity contribution is 0.102. The number of carbonyl (C=O) groups is 1. The van der Waals surface area contributed by atoms with Gasteiger partial charge in [0.2, 0.25) is 10.1 Å². The quantitative estimate of drug-likeness (QED) is 0.816. The molecule has 0 aliphatic rings. The van der Waals surface area contributed by atoms with Crippen molar-refractivity contribution >= 4 is 28.2 Å². The molecule has 0 saturated heterocycles. The summed E-state index contributed by atoms with van der Waals surface area (Å²) in [4.78, 5) is 11.7. The molecule has 0 bridgehead atoms. The first kappa shape index (κ1) is 10.6. The summed E-state index contributed by atoms with van der Waals surface area (Å²) < 4.78 is 1.61. The number of aromatic nitrogens is 4. The molecule has 0 aliphatic carbocycles. The average molecular weight is 238 g/mol. The second kappa shape index (κ2) is 4.27. The summed E-state index contributed by atoms with van der Waals surface area (Å²) in [6.07, 6.45) is 1.74. The highest BCUT2D eigenvalue weighted by Crippen LogP contribution is 2.15. The highest BCUT2D eigenvalue weighted by molar-refractivity contribution is 7.17. The SMILES string of the molecule is CNc1nnc(C(=O)Nc2ccn(C)n2)s1. The van der Waals surface area contributed by atoms with Crippen LogP contribution >= 0.6 is 11.3 Å². The van der Waals surface area contributed by atoms with Gasteiger partial charge in [0.25, 0.3) is 5.91 Å². The maximum atomic E-state index is 11.7. The molecule has 0 saturated carbocycles. The van der Waals surface area contributed by atoms with E-state index in [1.165, 1.54) is 11.3 Å². The molecule has 2 aromatic rings. The van der Waals surface area contributed by atoms with Crippen molar-refractivity contribution in [2.45, 2.75) is 0 Å². The maximum absolute atomic E-state index is 11.7. The maximum Gasteiger partial charge on any atom is 0.287 e. The summed E-state index contributed by atoms with van der Waals surface area (Å²) in [6, 6.07) is 1.71. The van der Waals surface area contributed by atoms with E-state index in [4.69, 9.17) is 0 Å². The molecular weight excluding hydrogens is 228 g/mol. The van der Waals surface area contributed by atoms with Crippen molar-refractivity contribution in [3.05, 3.63) is 17.3 Å². The van der Waals surface area contributed by atoms with E-state index in [0.29, 0.717) is 16.0 Å². The topological polar surface area (TPSA) is 84.7 Å². The molecule has 8 heteroatoms. The minimum Gasteiger partial charge on any atom is -0.363 e. The molecule has 84 valence electrons. The first-order valence-electron chi connectivity index (χ1n) is 4.51. The van der Waals surface area contributed by atoms with Crippen LogP contribution in [0.2, 0.25) is 0 Å². The van der Waals surface area contributed by atoms with Gasteiger partial charge in [-0.15, -0.1) is 10.2 Å². The van der Waals surface area contributed by atoms with E-state index >= 15 is 0 Å². The van der Waals surface area contributed by atoms with Gasteiger partial charge < -0.3 is 10.6 Å². The molecule has 2 rings (SSSR count). The lowest BCUT2D eigenvalue weighted by Gasteiger charge is -1.96. The summed E-state index contributed by atoms with van der Waals surface area (Å²) >= 11 is 1.19. The first-order valence-corrected chi connectivity index (χ1v) is 5.33. The Balaban J connectivity index is 2.08. The van der Waals surface area contributed by atoms with Gasteiger partial charge in [0, 0.05) is 26.4 Å². The van der Waals surface area contributed by atoms with Gasteiger partial charge in [-0.2, -0.15) is 5.10 Å². The largest absolute Gasteiger partial charge is 0.363 e. The normalized spacial score (nSPS) is 10.1. The van der Waals surface area contributed by atoms with Crippen LogP contribution in [0.3, 0.4) is 0 Å². The van der Waals surface area contributed by atoms with Crippen LogP contribution in [0, 0.1) is 0 Å². The molecule has 0 spiro atoms. The molecule has 2 N–H and O–H groups in total. The summed E-state index contributed by atoms with van der Waals surface area (Å²) in [6.45, 7) is 0. The van der Waals surface area contributed by atoms with Gasteiger partial charge in [0.15, 0.2) is 5.82 Å². The Morgan fingerprint density at radius 1 is 1.50 bits per heavy atom. The second-order valence-electron chi connectivity index (χ2n) is 2.99. The predicted molar refractivity (Wildman–Crippen MR) is 60.6 cm³/mol. The van der Waals surface area contributed by atoms with E-state index in [9.17, 15) is 4.79 Å². The number of anilines is 2. The number of hydrogen-bond donors (Lipinski definition) is 2. The zero-order valence-electron chi connectivity index (χ0n) is 8.76. The van der Waals surface area contributed by atoms with Gasteiger partial charge >= 0.3 is 0 Å². The molecule has 0 atom stereocenters. The summed E-state index contributed by atoms with van der Waals surface area (Å²) in [5, 5.41) is 17.9. The summed E-state index contributed by atoms with van der Waals surface area (Å²) in [7, 11) is 3.50. The predicted octanol–water partition coefficient (Wildman–Crippen LogP) is 0.566. The van der Waals surface area contributed by atoms with Crippen molar-refractivity contribution in [1.82, 2.24) is 20.0 Å². The molecule has 1 amide bonds. The molecule has 16 heavy (non-hydrogen) atoms. The van der Waals surface area contributed by atoms with Crippen LogP contribution in [-0.2, 0) is 7.05 Å². The van der Waals surface area contributed by atoms with Gasteiger partial charge in [-0.3, -0.25) is 9.48 Å². The Labute approximate surface area is 95.5 Å². The minimum absolute atomic E-state index is 0.301. The highest BCUT2D eigenvalue weighted by Gasteiger charge is 2.13. The van der Waals surface area contributed by atoms with Crippen molar-refractivity contribution in [1.29, 1.82) is 0 Å². The third-order valence-corrected chi connectivity index (χ3v) is 2.73. The second-order valence-corrected chi connectivity index (χ2v) is 3.97. The Hall–Kier alpha value is -1.96. The van der Waals surface area contributed by atoms with Gasteiger partial charge in [-0.05, 0) is 0 Å². The monoisotopic (exact) mass is 238 g/mol. The van der Waals surface area contributed by atoms with Crippen molar-refractivity contribution < 1.29 is 4.79 Å². The standard InChI is InChI=1S/C8H10N6OS/c1-9-8-12-11-7(16-8)6(15)10-5-3-4-14(2)13-5/h3-4H,1-2H3,(H,9,12)(H,10,13,15). The number of nitrogens with zero attached hydrogens (tertiary/aromatic N) is 4. The fraction of sp³-hybridized carbons (Fsp3) is 0.250. The molecular formula is C8H10N6OS. The minimum atomic E-state index is -0.308. The Bertz CT molecular complexity index is 504. The van der Waals surface area contributed by atoms with Crippen LogP contribution in [0.25, 0.3) is 0 Å². The molecule has 0 aliphatic heterocycles. The van der Waals surface area contributed by atoms with Crippen LogP contribution in [0.5, 0.6) is 0 Å². The molecule has 7 nitrogen and oxygen atoms in total. The van der Waals surface area contributed by atoms with Crippen LogP contribution in [-0.4, -0.2) is 32.9 Å². The van der Waals surface area contributed by atoms with Crippen LogP contribution in [0.4, 0.5) is 10.9 Å². The van der Waals surface area contributed by atoms with Crippen LogP contribution in [0.1, 0.15) is 9.80 Å². The average Bonchev–Trinajstić information content (AvgIpc) is 2.87. The molecule has 0 radical (unpaired) electrons. The van der Waals surface area contributed by atoms with Crippen molar-refractivity contribution in [3.63, 3.8) is 0 Å². The van der Waals surface area contributed by atoms with E-state index < -0.39 is 0 Å². The number of nitrogens with one attached hydrogen (secondary N) is 2. The fourth-order valence-corrected chi connectivity index (χ4v) is 1.66.